The number of aryl methyl sites for hydroxylation is 1. The van der Waals surface area contributed by atoms with Gasteiger partial charge in [-0.05, 0) is 68.7 Å². The number of benzene rings is 3. The second kappa shape index (κ2) is 13.6. The Labute approximate surface area is 249 Å². The van der Waals surface area contributed by atoms with E-state index in [1.165, 1.54) is 29.2 Å². The maximum Gasteiger partial charge on any atom is 0.416 e. The van der Waals surface area contributed by atoms with Gasteiger partial charge in [-0.2, -0.15) is 13.2 Å². The Hall–Kier alpha value is -3.57. The Morgan fingerprint density at radius 2 is 1.60 bits per heavy atom. The minimum absolute atomic E-state index is 0.0366. The summed E-state index contributed by atoms with van der Waals surface area (Å²) in [5, 5.41) is 2.49. The predicted octanol–water partition coefficient (Wildman–Crippen LogP) is 6.19. The van der Waals surface area contributed by atoms with E-state index in [0.29, 0.717) is 10.4 Å². The molecule has 0 spiro atoms. The molecule has 42 heavy (non-hydrogen) atoms. The van der Waals surface area contributed by atoms with Crippen LogP contribution >= 0.6 is 11.6 Å². The van der Waals surface area contributed by atoms with Crippen molar-refractivity contribution in [1.82, 2.24) is 10.2 Å². The summed E-state index contributed by atoms with van der Waals surface area (Å²) >= 11 is 6.28. The molecule has 1 N–H and O–H groups in total. The lowest BCUT2D eigenvalue weighted by Crippen LogP contribution is -2.53. The number of hydrogen-bond acceptors (Lipinski definition) is 4. The number of carbonyl (C=O) groups is 2. The summed E-state index contributed by atoms with van der Waals surface area (Å²) in [6.45, 7) is 6.14. The maximum absolute atomic E-state index is 14.1. The van der Waals surface area contributed by atoms with Crippen LogP contribution in [0.2, 0.25) is 5.02 Å². The Morgan fingerprint density at radius 3 is 2.17 bits per heavy atom. The van der Waals surface area contributed by atoms with Crippen molar-refractivity contribution < 1.29 is 31.2 Å². The summed E-state index contributed by atoms with van der Waals surface area (Å²) in [5.74, 6) is -1.24. The van der Waals surface area contributed by atoms with E-state index >= 15 is 0 Å². The van der Waals surface area contributed by atoms with Gasteiger partial charge in [0.15, 0.2) is 0 Å². The number of amides is 2. The number of nitrogens with zero attached hydrogens (tertiary/aromatic N) is 2. The molecule has 3 aromatic rings. The summed E-state index contributed by atoms with van der Waals surface area (Å²) in [6.07, 6.45) is -4.60. The van der Waals surface area contributed by atoms with Gasteiger partial charge in [-0.15, -0.1) is 0 Å². The standard InChI is InChI=1S/C30H33ClF3N3O4S/c1-5-26(29(39)35-20(2)3)36(18-22-12-10-9-11-21(22)4)28(38)19-37(42(40,41)24-13-7-6-8-14-24)27-17-23(30(32,33)34)15-16-25(27)31/h6-17,20,26H,5,18-19H2,1-4H3,(H,35,39). The van der Waals surface area contributed by atoms with Crippen molar-refractivity contribution in [3.63, 3.8) is 0 Å². The van der Waals surface area contributed by atoms with Crippen LogP contribution in [0.25, 0.3) is 0 Å². The van der Waals surface area contributed by atoms with Crippen molar-refractivity contribution in [1.29, 1.82) is 0 Å². The molecule has 3 aromatic carbocycles. The fraction of sp³-hybridized carbons (Fsp3) is 0.333. The van der Waals surface area contributed by atoms with Crippen LogP contribution in [0.15, 0.2) is 77.7 Å². The smallest absolute Gasteiger partial charge is 0.352 e. The van der Waals surface area contributed by atoms with Crippen LogP contribution in [-0.2, 0) is 32.3 Å². The van der Waals surface area contributed by atoms with Gasteiger partial charge in [0.05, 0.1) is 21.2 Å². The normalized spacial score (nSPS) is 12.6. The van der Waals surface area contributed by atoms with Gasteiger partial charge >= 0.3 is 6.18 Å². The molecule has 0 radical (unpaired) electrons. The van der Waals surface area contributed by atoms with E-state index in [1.54, 1.807) is 39.0 Å². The van der Waals surface area contributed by atoms with Gasteiger partial charge in [0.1, 0.15) is 12.6 Å². The van der Waals surface area contributed by atoms with E-state index in [4.69, 9.17) is 11.6 Å². The number of rotatable bonds is 11. The number of nitrogens with one attached hydrogen (secondary N) is 1. The molecule has 1 atom stereocenters. The monoisotopic (exact) mass is 623 g/mol. The van der Waals surface area contributed by atoms with E-state index in [-0.39, 0.29) is 28.9 Å². The molecule has 1 unspecified atom stereocenters. The molecule has 7 nitrogen and oxygen atoms in total. The zero-order chi connectivity index (χ0) is 31.2. The lowest BCUT2D eigenvalue weighted by atomic mass is 10.1. The number of carbonyl (C=O) groups excluding carboxylic acids is 2. The van der Waals surface area contributed by atoms with Crippen LogP contribution in [0.5, 0.6) is 0 Å². The number of sulfonamides is 1. The number of alkyl halides is 3. The molecule has 0 heterocycles. The van der Waals surface area contributed by atoms with Gasteiger partial charge in [-0.25, -0.2) is 8.42 Å². The molecule has 0 aliphatic heterocycles. The van der Waals surface area contributed by atoms with Crippen LogP contribution in [0, 0.1) is 6.92 Å². The van der Waals surface area contributed by atoms with Gasteiger partial charge in [0.25, 0.3) is 10.0 Å². The molecule has 3 rings (SSSR count). The molecule has 226 valence electrons. The third kappa shape index (κ3) is 7.83. The average molecular weight is 624 g/mol. The first-order chi connectivity index (χ1) is 19.7. The Morgan fingerprint density at radius 1 is 0.976 bits per heavy atom. The minimum atomic E-state index is -4.80. The summed E-state index contributed by atoms with van der Waals surface area (Å²) < 4.78 is 69.3. The van der Waals surface area contributed by atoms with Crippen LogP contribution in [0.4, 0.5) is 18.9 Å². The van der Waals surface area contributed by atoms with Gasteiger partial charge < -0.3 is 10.2 Å². The Balaban J connectivity index is 2.17. The zero-order valence-corrected chi connectivity index (χ0v) is 25.2. The molecule has 0 aromatic heterocycles. The molecule has 2 amide bonds. The van der Waals surface area contributed by atoms with Crippen molar-refractivity contribution in [2.45, 2.75) is 63.8 Å². The highest BCUT2D eigenvalue weighted by Gasteiger charge is 2.37. The molecule has 0 aliphatic rings. The zero-order valence-electron chi connectivity index (χ0n) is 23.7. The molecule has 0 saturated heterocycles. The fourth-order valence-corrected chi connectivity index (χ4v) is 6.10. The van der Waals surface area contributed by atoms with E-state index < -0.39 is 51.9 Å². The third-order valence-corrected chi connectivity index (χ3v) is 8.66. The average Bonchev–Trinajstić information content (AvgIpc) is 2.92. The lowest BCUT2D eigenvalue weighted by molar-refractivity contribution is -0.140. The summed E-state index contributed by atoms with van der Waals surface area (Å²) in [5.41, 5.74) is -0.0957. The first kappa shape index (κ1) is 32.9. The summed E-state index contributed by atoms with van der Waals surface area (Å²) in [4.78, 5) is 28.3. The maximum atomic E-state index is 14.1. The van der Waals surface area contributed by atoms with E-state index in [0.717, 1.165) is 23.3 Å². The molecule has 0 fully saturated rings. The Kier molecular flexibility index (Phi) is 10.7. The highest BCUT2D eigenvalue weighted by atomic mass is 35.5. The van der Waals surface area contributed by atoms with Gasteiger partial charge in [0.2, 0.25) is 11.8 Å². The molecule has 0 bridgehead atoms. The van der Waals surface area contributed by atoms with E-state index in [9.17, 15) is 31.2 Å². The van der Waals surface area contributed by atoms with Crippen LogP contribution in [-0.4, -0.2) is 43.8 Å². The third-order valence-electron chi connectivity index (χ3n) is 6.57. The first-order valence-corrected chi connectivity index (χ1v) is 15.1. The first-order valence-electron chi connectivity index (χ1n) is 13.3. The van der Waals surface area contributed by atoms with Crippen LogP contribution in [0.1, 0.15) is 43.9 Å². The quantitative estimate of drug-likeness (QED) is 0.276. The van der Waals surface area contributed by atoms with Crippen molar-refractivity contribution in [2.75, 3.05) is 10.8 Å². The number of hydrogen-bond donors (Lipinski definition) is 1. The van der Waals surface area contributed by atoms with Gasteiger partial charge in [-0.1, -0.05) is 61.0 Å². The second-order valence-electron chi connectivity index (χ2n) is 10.0. The highest BCUT2D eigenvalue weighted by Crippen LogP contribution is 2.37. The van der Waals surface area contributed by atoms with Gasteiger partial charge in [0, 0.05) is 12.6 Å². The predicted molar refractivity (Wildman–Crippen MR) is 157 cm³/mol. The second-order valence-corrected chi connectivity index (χ2v) is 12.3. The molecule has 0 aliphatic carbocycles. The molecule has 12 heteroatoms. The SMILES string of the molecule is CCC(C(=O)NC(C)C)N(Cc1ccccc1C)C(=O)CN(c1cc(C(F)(F)F)ccc1Cl)S(=O)(=O)c1ccccc1. The highest BCUT2D eigenvalue weighted by molar-refractivity contribution is 7.92. The fourth-order valence-electron chi connectivity index (χ4n) is 4.38. The van der Waals surface area contributed by atoms with Crippen molar-refractivity contribution in [3.05, 3.63) is 94.5 Å². The molecule has 0 saturated carbocycles. The topological polar surface area (TPSA) is 86.8 Å². The summed E-state index contributed by atoms with van der Waals surface area (Å²) in [6, 6.07) is 15.3. The number of anilines is 1. The number of halogens is 4. The van der Waals surface area contributed by atoms with Gasteiger partial charge in [-0.3, -0.25) is 13.9 Å². The van der Waals surface area contributed by atoms with E-state index in [2.05, 4.69) is 5.32 Å². The van der Waals surface area contributed by atoms with Crippen LogP contribution < -0.4 is 9.62 Å². The largest absolute Gasteiger partial charge is 0.416 e. The van der Waals surface area contributed by atoms with Crippen molar-refractivity contribution in [2.24, 2.45) is 0 Å². The molecular weight excluding hydrogens is 591 g/mol. The summed E-state index contributed by atoms with van der Waals surface area (Å²) in [7, 11) is -4.59. The van der Waals surface area contributed by atoms with E-state index in [1.807, 2.05) is 19.1 Å². The Bertz CT molecular complexity index is 1520. The van der Waals surface area contributed by atoms with Crippen molar-refractivity contribution >= 4 is 39.1 Å². The lowest BCUT2D eigenvalue weighted by Gasteiger charge is -2.34. The van der Waals surface area contributed by atoms with Crippen molar-refractivity contribution in [3.8, 4) is 0 Å². The molecular formula is C30H33ClF3N3O4S. The van der Waals surface area contributed by atoms with Crippen LogP contribution in [0.3, 0.4) is 0 Å². The minimum Gasteiger partial charge on any atom is -0.352 e.